The van der Waals surface area contributed by atoms with Crippen molar-refractivity contribution in [2.24, 2.45) is 4.99 Å². The van der Waals surface area contributed by atoms with E-state index in [1.807, 2.05) is 57.3 Å². The lowest BCUT2D eigenvalue weighted by molar-refractivity contribution is 0.102. The van der Waals surface area contributed by atoms with Crippen LogP contribution >= 0.6 is 8.58 Å². The van der Waals surface area contributed by atoms with Crippen LogP contribution in [0.2, 0.25) is 0 Å². The highest BCUT2D eigenvalue weighted by atomic mass is 31.1. The Hall–Kier alpha value is -2.62. The number of hydrogen-bond donors (Lipinski definition) is 2. The summed E-state index contributed by atoms with van der Waals surface area (Å²) in [5.74, 6) is 0.0537. The van der Waals surface area contributed by atoms with Gasteiger partial charge >= 0.3 is 0 Å². The van der Waals surface area contributed by atoms with Crippen LogP contribution in [0.3, 0.4) is 0 Å². The van der Waals surface area contributed by atoms with E-state index in [0.717, 1.165) is 47.2 Å². The molecule has 5 nitrogen and oxygen atoms in total. The molecule has 0 bridgehead atoms. The van der Waals surface area contributed by atoms with E-state index in [4.69, 9.17) is 0 Å². The van der Waals surface area contributed by atoms with Crippen molar-refractivity contribution in [1.29, 1.82) is 0 Å². The Balaban J connectivity index is 0.000000803. The molecule has 1 amide bonds. The van der Waals surface area contributed by atoms with Gasteiger partial charge in [-0.05, 0) is 67.8 Å². The predicted molar refractivity (Wildman–Crippen MR) is 153 cm³/mol. The molecule has 1 aliphatic carbocycles. The van der Waals surface area contributed by atoms with Gasteiger partial charge in [-0.15, -0.1) is 0 Å². The number of amides is 1. The monoisotopic (exact) mass is 492 g/mol. The Morgan fingerprint density at radius 3 is 2.69 bits per heavy atom. The number of pyridine rings is 1. The lowest BCUT2D eigenvalue weighted by Gasteiger charge is -2.25. The molecule has 3 unspecified atom stereocenters. The number of nitrogens with zero attached hydrogens (tertiary/aromatic N) is 2. The lowest BCUT2D eigenvalue weighted by Crippen LogP contribution is -2.30. The fourth-order valence-corrected chi connectivity index (χ4v) is 5.08. The van der Waals surface area contributed by atoms with E-state index in [1.165, 1.54) is 12.0 Å². The number of aromatic nitrogens is 1. The van der Waals surface area contributed by atoms with Crippen LogP contribution in [0.4, 0.5) is 5.69 Å². The maximum absolute atomic E-state index is 12.7. The summed E-state index contributed by atoms with van der Waals surface area (Å²) in [5, 5.41) is 7.70. The molecule has 6 heteroatoms. The van der Waals surface area contributed by atoms with Gasteiger partial charge < -0.3 is 5.32 Å². The highest BCUT2D eigenvalue weighted by Crippen LogP contribution is 2.36. The number of benzene rings is 1. The Morgan fingerprint density at radius 2 is 2.00 bits per heavy atom. The Kier molecular flexibility index (Phi) is 12.0. The first-order chi connectivity index (χ1) is 16.9. The van der Waals surface area contributed by atoms with Crippen molar-refractivity contribution in [2.75, 3.05) is 5.32 Å². The first-order valence-corrected chi connectivity index (χ1v) is 13.8. The van der Waals surface area contributed by atoms with Gasteiger partial charge in [0.1, 0.15) is 0 Å². The molecule has 2 aliphatic rings. The highest BCUT2D eigenvalue weighted by Gasteiger charge is 2.19. The summed E-state index contributed by atoms with van der Waals surface area (Å²) in [5.41, 5.74) is 5.82. The number of fused-ring (bicyclic) bond motifs is 1. The SMILES string of the molecule is C=C1PC(NC(C)c2cccc(NC(=O)c3cnc4c(c3)CCC4)c2)C=N/C1=C/C.CC.CCC. The number of aliphatic imine (C=N–C) groups is 1. The van der Waals surface area contributed by atoms with Gasteiger partial charge in [0.05, 0.1) is 17.0 Å². The number of anilines is 1. The van der Waals surface area contributed by atoms with E-state index in [2.05, 4.69) is 54.0 Å². The third-order valence-electron chi connectivity index (χ3n) is 5.53. The summed E-state index contributed by atoms with van der Waals surface area (Å²) >= 11 is 0. The summed E-state index contributed by atoms with van der Waals surface area (Å²) in [6.07, 6.45) is 10.0. The standard InChI is InChI=1S/C24H27N4OP.C3H8.C2H6/c1-4-21-16(3)30-23(14-26-21)27-15(2)17-7-5-9-20(12-17)28-24(29)19-11-18-8-6-10-22(18)25-13-19;1-3-2;1-2/h4-5,7,9,11-15,23,27,30H,3,6,8,10H2,1-2H3,(H,28,29);3H2,1-2H3;1-2H3/b21-4+;;. The van der Waals surface area contributed by atoms with Gasteiger partial charge in [-0.25, -0.2) is 0 Å². The first kappa shape index (κ1) is 28.6. The second kappa shape index (κ2) is 14.7. The topological polar surface area (TPSA) is 66.4 Å². The zero-order valence-corrected chi connectivity index (χ0v) is 23.1. The van der Waals surface area contributed by atoms with Crippen LogP contribution in [0.1, 0.15) is 87.6 Å². The number of hydrogen-bond acceptors (Lipinski definition) is 4. The summed E-state index contributed by atoms with van der Waals surface area (Å²) in [7, 11) is 0.569. The van der Waals surface area contributed by atoms with Crippen molar-refractivity contribution in [1.82, 2.24) is 10.3 Å². The van der Waals surface area contributed by atoms with Crippen LogP contribution in [-0.4, -0.2) is 22.9 Å². The summed E-state index contributed by atoms with van der Waals surface area (Å²) in [6, 6.07) is 10.1. The van der Waals surface area contributed by atoms with Crippen LogP contribution in [0.5, 0.6) is 0 Å². The van der Waals surface area contributed by atoms with Crippen LogP contribution in [0.25, 0.3) is 0 Å². The molecule has 35 heavy (non-hydrogen) atoms. The smallest absolute Gasteiger partial charge is 0.257 e. The Morgan fingerprint density at radius 1 is 1.26 bits per heavy atom. The molecule has 1 aromatic heterocycles. The molecule has 2 heterocycles. The van der Waals surface area contributed by atoms with Crippen molar-refractivity contribution in [2.45, 2.75) is 79.1 Å². The number of nitrogens with one attached hydrogen (secondary N) is 2. The number of rotatable bonds is 5. The second-order valence-corrected chi connectivity index (χ2v) is 9.93. The van der Waals surface area contributed by atoms with Crippen LogP contribution in [0, 0.1) is 0 Å². The molecule has 0 fully saturated rings. The minimum Gasteiger partial charge on any atom is -0.322 e. The van der Waals surface area contributed by atoms with Gasteiger partial charge in [0.2, 0.25) is 0 Å². The number of carbonyl (C=O) groups excluding carboxylic acids is 1. The molecule has 0 saturated carbocycles. The number of allylic oxidation sites excluding steroid dienone is 2. The van der Waals surface area contributed by atoms with Crippen LogP contribution in [0.15, 0.2) is 65.2 Å². The molecule has 188 valence electrons. The summed E-state index contributed by atoms with van der Waals surface area (Å²) in [4.78, 5) is 21.7. The summed E-state index contributed by atoms with van der Waals surface area (Å²) in [6.45, 7) is 16.5. The molecule has 0 saturated heterocycles. The Labute approximate surface area is 213 Å². The van der Waals surface area contributed by atoms with Gasteiger partial charge in [-0.2, -0.15) is 0 Å². The van der Waals surface area contributed by atoms with E-state index in [1.54, 1.807) is 6.20 Å². The van der Waals surface area contributed by atoms with Gasteiger partial charge in [0.25, 0.3) is 5.91 Å². The molecule has 0 spiro atoms. The predicted octanol–water partition coefficient (Wildman–Crippen LogP) is 7.42. The van der Waals surface area contributed by atoms with Crippen molar-refractivity contribution in [3.63, 3.8) is 0 Å². The molecule has 4 rings (SSSR count). The van der Waals surface area contributed by atoms with Gasteiger partial charge in [-0.3, -0.25) is 20.1 Å². The van der Waals surface area contributed by atoms with Gasteiger partial charge in [-0.1, -0.05) is 67.5 Å². The average molecular weight is 493 g/mol. The van der Waals surface area contributed by atoms with E-state index < -0.39 is 0 Å². The third kappa shape index (κ3) is 8.23. The summed E-state index contributed by atoms with van der Waals surface area (Å²) < 4.78 is 0. The van der Waals surface area contributed by atoms with E-state index in [-0.39, 0.29) is 17.7 Å². The molecule has 1 aromatic carbocycles. The highest BCUT2D eigenvalue weighted by molar-refractivity contribution is 7.45. The fraction of sp³-hybridized carbons (Fsp3) is 0.414. The van der Waals surface area contributed by atoms with Gasteiger partial charge in [0, 0.05) is 29.8 Å². The Bertz CT molecular complexity index is 1060. The zero-order chi connectivity index (χ0) is 25.8. The van der Waals surface area contributed by atoms with E-state index in [9.17, 15) is 4.79 Å². The number of aryl methyl sites for hydroxylation is 2. The molecule has 0 radical (unpaired) electrons. The van der Waals surface area contributed by atoms with E-state index >= 15 is 0 Å². The maximum atomic E-state index is 12.7. The molecule has 2 aromatic rings. The molecular formula is C29H41N4OP. The average Bonchev–Trinajstić information content (AvgIpc) is 3.34. The normalized spacial score (nSPS) is 18.7. The quantitative estimate of drug-likeness (QED) is 0.427. The molecule has 3 atom stereocenters. The van der Waals surface area contributed by atoms with Gasteiger partial charge in [0.15, 0.2) is 0 Å². The molecule has 2 N–H and O–H groups in total. The van der Waals surface area contributed by atoms with Crippen molar-refractivity contribution in [3.8, 4) is 0 Å². The van der Waals surface area contributed by atoms with Crippen molar-refractivity contribution < 1.29 is 4.79 Å². The largest absolute Gasteiger partial charge is 0.322 e. The minimum atomic E-state index is -0.119. The lowest BCUT2D eigenvalue weighted by atomic mass is 10.1. The third-order valence-corrected chi connectivity index (χ3v) is 6.76. The second-order valence-electron chi connectivity index (χ2n) is 8.41. The zero-order valence-electron chi connectivity index (χ0n) is 22.1. The van der Waals surface area contributed by atoms with Crippen LogP contribution < -0.4 is 10.6 Å². The van der Waals surface area contributed by atoms with Crippen LogP contribution in [-0.2, 0) is 12.8 Å². The minimum absolute atomic E-state index is 0.118. The molecular weight excluding hydrogens is 451 g/mol. The van der Waals surface area contributed by atoms with Crippen molar-refractivity contribution in [3.05, 3.63) is 82.6 Å². The fourth-order valence-electron chi connectivity index (χ4n) is 3.87. The van der Waals surface area contributed by atoms with Crippen molar-refractivity contribution >= 4 is 26.4 Å². The first-order valence-electron chi connectivity index (χ1n) is 12.8. The van der Waals surface area contributed by atoms with E-state index in [0.29, 0.717) is 14.1 Å². The number of carbonyl (C=O) groups is 1. The maximum Gasteiger partial charge on any atom is 0.257 e. The molecule has 1 aliphatic heterocycles.